The number of aryl methyl sites for hydroxylation is 1. The Morgan fingerprint density at radius 1 is 0.850 bits per heavy atom. The summed E-state index contributed by atoms with van der Waals surface area (Å²) in [5.41, 5.74) is 2.77. The lowest BCUT2D eigenvalue weighted by Gasteiger charge is -2.18. The Labute approximate surface area is 235 Å². The number of non-ortho nitro benzene ring substituents is 1. The zero-order chi connectivity index (χ0) is 28.6. The fraction of sp³-hybridized carbons (Fsp3) is 0.133. The van der Waals surface area contributed by atoms with E-state index in [2.05, 4.69) is 10.6 Å². The van der Waals surface area contributed by atoms with Crippen molar-refractivity contribution in [1.29, 1.82) is 0 Å². The van der Waals surface area contributed by atoms with E-state index < -0.39 is 10.2 Å². The van der Waals surface area contributed by atoms with E-state index in [1.54, 1.807) is 43.3 Å². The highest BCUT2D eigenvalue weighted by Gasteiger charge is 2.23. The third kappa shape index (κ3) is 6.78. The molecule has 0 aromatic heterocycles. The Morgan fingerprint density at radius 3 is 2.27 bits per heavy atom. The molecule has 4 rings (SSSR count). The van der Waals surface area contributed by atoms with E-state index in [0.717, 1.165) is 10.5 Å². The van der Waals surface area contributed by atoms with Crippen LogP contribution in [-0.4, -0.2) is 31.0 Å². The maximum absolute atomic E-state index is 13.5. The Bertz CT molecular complexity index is 1540. The summed E-state index contributed by atoms with van der Waals surface area (Å²) in [6.07, 6.45) is 0. The molecule has 0 heterocycles. The first-order valence-electron chi connectivity index (χ1n) is 12.2. The fourth-order valence-electron chi connectivity index (χ4n) is 3.96. The van der Waals surface area contributed by atoms with Gasteiger partial charge in [-0.15, -0.1) is 11.8 Å². The summed E-state index contributed by atoms with van der Waals surface area (Å²) in [5.74, 6) is 0.355. The topological polar surface area (TPSA) is 120 Å². The molecule has 0 radical (unpaired) electrons. The van der Waals surface area contributed by atoms with Gasteiger partial charge in [0.1, 0.15) is 5.25 Å². The van der Waals surface area contributed by atoms with Crippen molar-refractivity contribution in [3.8, 4) is 11.5 Å². The van der Waals surface area contributed by atoms with E-state index in [4.69, 9.17) is 9.47 Å². The van der Waals surface area contributed by atoms with E-state index >= 15 is 0 Å². The molecule has 0 aliphatic rings. The normalized spacial score (nSPS) is 11.3. The summed E-state index contributed by atoms with van der Waals surface area (Å²) in [5, 5.41) is 16.3. The van der Waals surface area contributed by atoms with Gasteiger partial charge in [-0.25, -0.2) is 0 Å². The number of benzene rings is 4. The van der Waals surface area contributed by atoms with Crippen molar-refractivity contribution in [2.24, 2.45) is 0 Å². The second-order valence-corrected chi connectivity index (χ2v) is 9.88. The van der Waals surface area contributed by atoms with Crippen molar-refractivity contribution in [2.45, 2.75) is 17.1 Å². The van der Waals surface area contributed by atoms with Crippen molar-refractivity contribution in [3.05, 3.63) is 118 Å². The predicted molar refractivity (Wildman–Crippen MR) is 155 cm³/mol. The number of carbonyl (C=O) groups excluding carboxylic acids is 2. The molecular formula is C30H27N3O6S. The summed E-state index contributed by atoms with van der Waals surface area (Å²) in [4.78, 5) is 37.8. The molecule has 2 N–H and O–H groups in total. The van der Waals surface area contributed by atoms with Crippen LogP contribution in [-0.2, 0) is 4.79 Å². The lowest BCUT2D eigenvalue weighted by molar-refractivity contribution is -0.384. The number of amides is 2. The Hall–Kier alpha value is -4.83. The van der Waals surface area contributed by atoms with Gasteiger partial charge >= 0.3 is 0 Å². The van der Waals surface area contributed by atoms with Gasteiger partial charge in [0.15, 0.2) is 11.5 Å². The minimum absolute atomic E-state index is 0.0450. The number of rotatable bonds is 10. The van der Waals surface area contributed by atoms with Gasteiger partial charge in [-0.3, -0.25) is 19.7 Å². The van der Waals surface area contributed by atoms with Gasteiger partial charge in [0.25, 0.3) is 11.6 Å². The number of carbonyl (C=O) groups is 2. The second kappa shape index (κ2) is 12.8. The van der Waals surface area contributed by atoms with Gasteiger partial charge < -0.3 is 20.1 Å². The molecule has 4 aromatic rings. The van der Waals surface area contributed by atoms with Gasteiger partial charge in [0, 0.05) is 34.0 Å². The van der Waals surface area contributed by atoms with Crippen LogP contribution < -0.4 is 20.1 Å². The first kappa shape index (κ1) is 28.2. The third-order valence-corrected chi connectivity index (χ3v) is 7.26. The molecule has 0 aliphatic carbocycles. The lowest BCUT2D eigenvalue weighted by Crippen LogP contribution is -2.19. The maximum atomic E-state index is 13.5. The monoisotopic (exact) mass is 557 g/mol. The van der Waals surface area contributed by atoms with Gasteiger partial charge in [-0.1, -0.05) is 36.4 Å². The van der Waals surface area contributed by atoms with Crippen molar-refractivity contribution in [2.75, 3.05) is 24.9 Å². The minimum atomic E-state index is -0.632. The first-order chi connectivity index (χ1) is 19.3. The number of hydrogen-bond acceptors (Lipinski definition) is 7. The standard InChI is InChI=1S/C30H27N3O6S/c1-19-16-23(33(36)37)13-14-25(19)32-30(35)28(20-8-5-4-6-9-20)40-24-11-7-10-22(18-24)31-29(34)21-12-15-26(38-2)27(17-21)39-3/h4-18,28H,1-3H3,(H,31,34)(H,32,35). The third-order valence-electron chi connectivity index (χ3n) is 6.01. The van der Waals surface area contributed by atoms with Crippen LogP contribution >= 0.6 is 11.8 Å². The van der Waals surface area contributed by atoms with Crippen molar-refractivity contribution in [1.82, 2.24) is 0 Å². The number of nitrogens with one attached hydrogen (secondary N) is 2. The zero-order valence-corrected chi connectivity index (χ0v) is 22.9. The number of methoxy groups -OCH3 is 2. The number of thioether (sulfide) groups is 1. The number of nitro groups is 1. The molecule has 40 heavy (non-hydrogen) atoms. The van der Waals surface area contributed by atoms with E-state index in [-0.39, 0.29) is 17.5 Å². The molecule has 1 unspecified atom stereocenters. The number of ether oxygens (including phenoxy) is 2. The van der Waals surface area contributed by atoms with Gasteiger partial charge in [-0.05, 0) is 60.5 Å². The van der Waals surface area contributed by atoms with Crippen molar-refractivity contribution in [3.63, 3.8) is 0 Å². The largest absolute Gasteiger partial charge is 0.493 e. The van der Waals surface area contributed by atoms with Crippen molar-refractivity contribution >= 4 is 40.6 Å². The first-order valence-corrected chi connectivity index (χ1v) is 13.1. The summed E-state index contributed by atoms with van der Waals surface area (Å²) in [6.45, 7) is 1.71. The van der Waals surface area contributed by atoms with Gasteiger partial charge in [-0.2, -0.15) is 0 Å². The quantitative estimate of drug-likeness (QED) is 0.127. The summed E-state index contributed by atoms with van der Waals surface area (Å²) in [7, 11) is 3.03. The second-order valence-electron chi connectivity index (χ2n) is 8.71. The number of anilines is 2. The van der Waals surface area contributed by atoms with Crippen LogP contribution in [0.3, 0.4) is 0 Å². The molecule has 1 atom stereocenters. The van der Waals surface area contributed by atoms with Crippen LogP contribution in [0.4, 0.5) is 17.1 Å². The summed E-state index contributed by atoms with van der Waals surface area (Å²) >= 11 is 1.32. The minimum Gasteiger partial charge on any atom is -0.493 e. The number of nitro benzene ring substituents is 1. The molecule has 204 valence electrons. The maximum Gasteiger partial charge on any atom is 0.269 e. The van der Waals surface area contributed by atoms with Gasteiger partial charge in [0.05, 0.1) is 19.1 Å². The van der Waals surface area contributed by atoms with E-state index in [1.165, 1.54) is 44.2 Å². The molecule has 2 amide bonds. The fourth-order valence-corrected chi connectivity index (χ4v) is 5.05. The van der Waals surface area contributed by atoms with Crippen LogP contribution in [0.15, 0.2) is 95.9 Å². The molecule has 10 heteroatoms. The lowest BCUT2D eigenvalue weighted by atomic mass is 10.1. The Balaban J connectivity index is 1.54. The summed E-state index contributed by atoms with van der Waals surface area (Å²) < 4.78 is 10.5. The Kier molecular flexibility index (Phi) is 9.03. The van der Waals surface area contributed by atoms with Crippen molar-refractivity contribution < 1.29 is 24.0 Å². The molecule has 0 aliphatic heterocycles. The molecule has 0 saturated carbocycles. The summed E-state index contributed by atoms with van der Waals surface area (Å²) in [6, 6.07) is 25.7. The van der Waals surface area contributed by atoms with Gasteiger partial charge in [0.2, 0.25) is 5.91 Å². The van der Waals surface area contributed by atoms with Crippen LogP contribution in [0.2, 0.25) is 0 Å². The zero-order valence-electron chi connectivity index (χ0n) is 22.0. The molecule has 0 bridgehead atoms. The van der Waals surface area contributed by atoms with E-state index in [0.29, 0.717) is 34.0 Å². The van der Waals surface area contributed by atoms with E-state index in [9.17, 15) is 19.7 Å². The van der Waals surface area contributed by atoms with Crippen LogP contribution in [0.1, 0.15) is 26.7 Å². The molecule has 9 nitrogen and oxygen atoms in total. The van der Waals surface area contributed by atoms with E-state index in [1.807, 2.05) is 36.4 Å². The average Bonchev–Trinajstić information content (AvgIpc) is 2.97. The SMILES string of the molecule is COc1ccc(C(=O)Nc2cccc(SC(C(=O)Nc3ccc([N+](=O)[O-])cc3C)c3ccccc3)c2)cc1OC. The highest BCUT2D eigenvalue weighted by Crippen LogP contribution is 2.38. The number of hydrogen-bond donors (Lipinski definition) is 2. The smallest absolute Gasteiger partial charge is 0.269 e. The molecule has 0 saturated heterocycles. The number of nitrogens with zero attached hydrogens (tertiary/aromatic N) is 1. The molecular weight excluding hydrogens is 530 g/mol. The predicted octanol–water partition coefficient (Wildman–Crippen LogP) is 6.64. The van der Waals surface area contributed by atoms with Crippen LogP contribution in [0, 0.1) is 17.0 Å². The highest BCUT2D eigenvalue weighted by molar-refractivity contribution is 8.00. The van der Waals surface area contributed by atoms with Crippen LogP contribution in [0.5, 0.6) is 11.5 Å². The average molecular weight is 558 g/mol. The molecule has 4 aromatic carbocycles. The Morgan fingerprint density at radius 2 is 1.60 bits per heavy atom. The highest BCUT2D eigenvalue weighted by atomic mass is 32.2. The molecule has 0 fully saturated rings. The molecule has 0 spiro atoms. The van der Waals surface area contributed by atoms with Crippen LogP contribution in [0.25, 0.3) is 0 Å².